The van der Waals surface area contributed by atoms with Crippen molar-refractivity contribution in [3.8, 4) is 43.1 Å². The Morgan fingerprint density at radius 2 is 0.632 bits per heavy atom. The molecule has 9 aromatic rings. The number of hydrogen-bond donors (Lipinski definition) is 0. The minimum Gasteiger partial charge on any atom is -0.310 e. The van der Waals surface area contributed by atoms with E-state index in [4.69, 9.17) is 0 Å². The van der Waals surface area contributed by atoms with Gasteiger partial charge in [0.05, 0.1) is 0 Å². The van der Waals surface area contributed by atoms with E-state index < -0.39 is 0 Å². The van der Waals surface area contributed by atoms with Gasteiger partial charge >= 0.3 is 0 Å². The average molecular weight is 753 g/mol. The van der Waals surface area contributed by atoms with Gasteiger partial charge in [0, 0.05) is 68.7 Å². The van der Waals surface area contributed by atoms with Crippen molar-refractivity contribution < 1.29 is 0 Å². The van der Waals surface area contributed by atoms with Crippen LogP contribution in [0.25, 0.3) is 43.1 Å². The molecule has 0 aliphatic rings. The zero-order chi connectivity index (χ0) is 38.6. The second-order valence-corrected chi connectivity index (χ2v) is 15.3. The number of aromatic nitrogens is 2. The number of pyridine rings is 2. The van der Waals surface area contributed by atoms with Gasteiger partial charge < -0.3 is 9.80 Å². The van der Waals surface area contributed by atoms with Crippen molar-refractivity contribution in [3.63, 3.8) is 0 Å². The third kappa shape index (κ3) is 7.75. The zero-order valence-corrected chi connectivity index (χ0v) is 32.6. The van der Waals surface area contributed by atoms with E-state index in [1.807, 2.05) is 36.1 Å². The molecular formula is C52H40N4S. The Morgan fingerprint density at radius 1 is 0.316 bits per heavy atom. The van der Waals surface area contributed by atoms with Crippen LogP contribution >= 0.6 is 11.3 Å². The fourth-order valence-corrected chi connectivity index (χ4v) is 8.35. The number of aryl methyl sites for hydroxylation is 2. The van der Waals surface area contributed by atoms with Crippen molar-refractivity contribution in [2.24, 2.45) is 0 Å². The van der Waals surface area contributed by atoms with Crippen molar-refractivity contribution >= 4 is 45.5 Å². The first-order valence-electron chi connectivity index (χ1n) is 19.1. The van der Waals surface area contributed by atoms with Crippen molar-refractivity contribution in [1.29, 1.82) is 0 Å². The number of anilines is 6. The van der Waals surface area contributed by atoms with Gasteiger partial charge in [-0.3, -0.25) is 9.97 Å². The summed E-state index contributed by atoms with van der Waals surface area (Å²) in [5, 5.41) is 0. The lowest BCUT2D eigenvalue weighted by molar-refractivity contribution is 1.24. The Bertz CT molecular complexity index is 2530. The predicted molar refractivity (Wildman–Crippen MR) is 240 cm³/mol. The molecule has 3 aromatic heterocycles. The molecule has 274 valence electrons. The Labute approximate surface area is 338 Å². The lowest BCUT2D eigenvalue weighted by atomic mass is 10.0. The summed E-state index contributed by atoms with van der Waals surface area (Å²) in [7, 11) is 0. The average Bonchev–Trinajstić information content (AvgIpc) is 3.76. The normalized spacial score (nSPS) is 11.0. The van der Waals surface area contributed by atoms with Crippen molar-refractivity contribution in [1.82, 2.24) is 9.97 Å². The highest BCUT2D eigenvalue weighted by molar-refractivity contribution is 7.18. The molecule has 0 unspecified atom stereocenters. The highest BCUT2D eigenvalue weighted by atomic mass is 32.1. The zero-order valence-electron chi connectivity index (χ0n) is 31.8. The van der Waals surface area contributed by atoms with Crippen molar-refractivity contribution in [3.05, 3.63) is 218 Å². The highest BCUT2D eigenvalue weighted by Crippen LogP contribution is 2.41. The van der Waals surface area contributed by atoms with Crippen LogP contribution in [-0.4, -0.2) is 9.97 Å². The molecule has 0 bridgehead atoms. The molecule has 0 fully saturated rings. The minimum atomic E-state index is 1.06. The second kappa shape index (κ2) is 16.0. The molecule has 0 amide bonds. The van der Waals surface area contributed by atoms with Gasteiger partial charge in [0.1, 0.15) is 0 Å². The Balaban J connectivity index is 0.959. The first kappa shape index (κ1) is 35.6. The van der Waals surface area contributed by atoms with Gasteiger partial charge in [-0.05, 0) is 132 Å². The molecular weight excluding hydrogens is 713 g/mol. The van der Waals surface area contributed by atoms with Crippen molar-refractivity contribution in [2.75, 3.05) is 9.80 Å². The summed E-state index contributed by atoms with van der Waals surface area (Å²) >= 11 is 1.81. The quantitative estimate of drug-likeness (QED) is 0.139. The second-order valence-electron chi connectivity index (χ2n) is 14.2. The van der Waals surface area contributed by atoms with Gasteiger partial charge in [0.2, 0.25) is 0 Å². The molecule has 0 aliphatic heterocycles. The maximum Gasteiger partial charge on any atom is 0.0492 e. The van der Waals surface area contributed by atoms with Crippen LogP contribution in [0.4, 0.5) is 34.1 Å². The van der Waals surface area contributed by atoms with Crippen LogP contribution in [0.1, 0.15) is 11.1 Å². The predicted octanol–water partition coefficient (Wildman–Crippen LogP) is 14.8. The van der Waals surface area contributed by atoms with E-state index in [-0.39, 0.29) is 0 Å². The van der Waals surface area contributed by atoms with E-state index in [2.05, 4.69) is 216 Å². The minimum absolute atomic E-state index is 1.06. The fraction of sp³-hybridized carbons (Fsp3) is 0.0385. The number of thiophene rings is 1. The van der Waals surface area contributed by atoms with E-state index in [1.165, 1.54) is 54.3 Å². The number of hydrogen-bond acceptors (Lipinski definition) is 5. The molecule has 5 heteroatoms. The van der Waals surface area contributed by atoms with E-state index in [1.54, 1.807) is 0 Å². The van der Waals surface area contributed by atoms with Crippen molar-refractivity contribution in [2.45, 2.75) is 13.8 Å². The van der Waals surface area contributed by atoms with Gasteiger partial charge in [-0.2, -0.15) is 0 Å². The van der Waals surface area contributed by atoms with Crippen LogP contribution in [0.2, 0.25) is 0 Å². The summed E-state index contributed by atoms with van der Waals surface area (Å²) < 4.78 is 0. The van der Waals surface area contributed by atoms with Gasteiger partial charge in [0.15, 0.2) is 0 Å². The van der Waals surface area contributed by atoms with Gasteiger partial charge in [0.25, 0.3) is 0 Å². The maximum atomic E-state index is 4.28. The molecule has 0 saturated carbocycles. The topological polar surface area (TPSA) is 32.3 Å². The highest BCUT2D eigenvalue weighted by Gasteiger charge is 2.16. The number of rotatable bonds is 10. The molecule has 3 heterocycles. The number of nitrogens with zero attached hydrogens (tertiary/aromatic N) is 4. The molecule has 0 spiro atoms. The first-order chi connectivity index (χ1) is 28.1. The number of benzene rings is 6. The van der Waals surface area contributed by atoms with Crippen LogP contribution in [-0.2, 0) is 0 Å². The van der Waals surface area contributed by atoms with Gasteiger partial charge in [-0.15, -0.1) is 11.3 Å². The summed E-state index contributed by atoms with van der Waals surface area (Å²) in [5.41, 5.74) is 16.2. The van der Waals surface area contributed by atoms with E-state index in [0.29, 0.717) is 0 Å². The summed E-state index contributed by atoms with van der Waals surface area (Å²) in [5.74, 6) is 0. The molecule has 0 aliphatic carbocycles. The Kier molecular flexibility index (Phi) is 9.97. The fourth-order valence-electron chi connectivity index (χ4n) is 7.33. The maximum absolute atomic E-state index is 4.28. The summed E-state index contributed by atoms with van der Waals surface area (Å²) in [4.78, 5) is 15.6. The van der Waals surface area contributed by atoms with Crippen LogP contribution in [0, 0.1) is 13.8 Å². The molecule has 0 saturated heterocycles. The SMILES string of the molecule is Cc1cccc(-c2ccc(N(c3ccncc3)c3ccc(-c4ccc(-c5ccc(N(c6ccncc6)c6ccc(-c7cccc(C)c7)cc6)cc5)s4)cc3)cc2)c1. The smallest absolute Gasteiger partial charge is 0.0492 e. The standard InChI is InChI=1S/C52H40N4S/c1-37-5-3-7-43(35-37)39-9-17-45(18-10-39)55(49-27-31-53-32-28-49)47-21-13-41(14-22-47)51-25-26-52(57-51)42-15-23-48(24-16-42)56(50-29-33-54-34-30-50)46-19-11-40(12-20-46)44-8-4-6-38(2)36-44/h3-36H,1-2H3. The molecule has 0 atom stereocenters. The summed E-state index contributed by atoms with van der Waals surface area (Å²) in [6.07, 6.45) is 7.38. The largest absolute Gasteiger partial charge is 0.310 e. The monoisotopic (exact) mass is 752 g/mol. The lowest BCUT2D eigenvalue weighted by Crippen LogP contribution is -2.09. The lowest BCUT2D eigenvalue weighted by Gasteiger charge is -2.25. The van der Waals surface area contributed by atoms with Gasteiger partial charge in [-0.25, -0.2) is 0 Å². The van der Waals surface area contributed by atoms with Crippen LogP contribution in [0.5, 0.6) is 0 Å². The summed E-state index contributed by atoms with van der Waals surface area (Å²) in [6, 6.07) is 65.3. The molecule has 0 radical (unpaired) electrons. The Hall–Kier alpha value is -7.08. The third-order valence-corrected chi connectivity index (χ3v) is 11.4. The van der Waals surface area contributed by atoms with E-state index in [9.17, 15) is 0 Å². The molecule has 9 rings (SSSR count). The first-order valence-corrected chi connectivity index (χ1v) is 19.9. The van der Waals surface area contributed by atoms with Gasteiger partial charge in [-0.1, -0.05) is 108 Å². The molecule has 57 heavy (non-hydrogen) atoms. The Morgan fingerprint density at radius 3 is 0.965 bits per heavy atom. The van der Waals surface area contributed by atoms with Crippen LogP contribution in [0.15, 0.2) is 207 Å². The van der Waals surface area contributed by atoms with Crippen LogP contribution < -0.4 is 9.80 Å². The molecule has 4 nitrogen and oxygen atoms in total. The summed E-state index contributed by atoms with van der Waals surface area (Å²) in [6.45, 7) is 4.26. The molecule has 6 aromatic carbocycles. The molecule has 0 N–H and O–H groups in total. The van der Waals surface area contributed by atoms with E-state index >= 15 is 0 Å². The van der Waals surface area contributed by atoms with E-state index in [0.717, 1.165) is 34.1 Å². The third-order valence-electron chi connectivity index (χ3n) is 10.2. The van der Waals surface area contributed by atoms with Crippen LogP contribution in [0.3, 0.4) is 0 Å².